The molecule has 0 aliphatic carbocycles. The number of nitrogens with one attached hydrogen (secondary N) is 1. The number of aryl methyl sites for hydroxylation is 2. The minimum absolute atomic E-state index is 0.135. The molecule has 4 nitrogen and oxygen atoms in total. The summed E-state index contributed by atoms with van der Waals surface area (Å²) in [6.07, 6.45) is 0.472. The van der Waals surface area contributed by atoms with Gasteiger partial charge in [-0.2, -0.15) is 5.26 Å². The number of rotatable bonds is 5. The lowest BCUT2D eigenvalue weighted by atomic mass is 10.3. The molecule has 1 aromatic heterocycles. The molecule has 0 aliphatic rings. The van der Waals surface area contributed by atoms with E-state index in [1.54, 1.807) is 11.8 Å². The summed E-state index contributed by atoms with van der Waals surface area (Å²) in [7, 11) is 0. The number of hydrogen-bond donors (Lipinski definition) is 1. The highest BCUT2D eigenvalue weighted by Gasteiger charge is 2.16. The molecule has 6 heteroatoms. The lowest BCUT2D eigenvalue weighted by Gasteiger charge is -2.13. The summed E-state index contributed by atoms with van der Waals surface area (Å²) in [5.74, 6) is -0.135. The maximum absolute atomic E-state index is 12.4. The van der Waals surface area contributed by atoms with E-state index < -0.39 is 0 Å². The third-order valence-electron chi connectivity index (χ3n) is 2.95. The number of thiazole rings is 1. The second-order valence-electron chi connectivity index (χ2n) is 4.89. The van der Waals surface area contributed by atoms with Crippen LogP contribution in [-0.4, -0.2) is 16.1 Å². The molecule has 0 saturated heterocycles. The van der Waals surface area contributed by atoms with Crippen LogP contribution in [0.5, 0.6) is 0 Å². The summed E-state index contributed by atoms with van der Waals surface area (Å²) in [4.78, 5) is 18.3. The molecule has 0 spiro atoms. The molecule has 2 rings (SSSR count). The number of para-hydroxylation sites is 1. The average Bonchev–Trinajstić information content (AvgIpc) is 2.80. The quantitative estimate of drug-likeness (QED) is 0.824. The van der Waals surface area contributed by atoms with Crippen LogP contribution in [0, 0.1) is 25.2 Å². The van der Waals surface area contributed by atoms with Gasteiger partial charge in [0.2, 0.25) is 0 Å². The van der Waals surface area contributed by atoms with E-state index in [0.717, 1.165) is 21.3 Å². The predicted octanol–water partition coefficient (Wildman–Crippen LogP) is 4.41. The number of amides is 1. The number of nitrogens with zero attached hydrogens (tertiary/aromatic N) is 2. The maximum atomic E-state index is 12.4. The van der Waals surface area contributed by atoms with Gasteiger partial charge in [0.15, 0.2) is 0 Å². The number of hydrogen-bond acceptors (Lipinski definition) is 5. The van der Waals surface area contributed by atoms with Crippen molar-refractivity contribution in [3.8, 4) is 6.07 Å². The zero-order chi connectivity index (χ0) is 16.1. The van der Waals surface area contributed by atoms with Gasteiger partial charge in [-0.05, 0) is 26.0 Å². The summed E-state index contributed by atoms with van der Waals surface area (Å²) >= 11 is 2.99. The Morgan fingerprint density at radius 3 is 2.82 bits per heavy atom. The number of carbonyl (C=O) groups is 1. The number of benzene rings is 1. The van der Waals surface area contributed by atoms with Crippen LogP contribution < -0.4 is 5.32 Å². The molecular weight excluding hydrogens is 314 g/mol. The molecule has 2 aromatic rings. The number of carbonyl (C=O) groups excluding carboxylic acids is 1. The Bertz CT molecular complexity index is 718. The monoisotopic (exact) mass is 331 g/mol. The second kappa shape index (κ2) is 7.43. The van der Waals surface area contributed by atoms with Crippen LogP contribution in [-0.2, 0) is 0 Å². The van der Waals surface area contributed by atoms with Crippen LogP contribution in [0.2, 0.25) is 0 Å². The zero-order valence-corrected chi connectivity index (χ0v) is 14.3. The first-order chi connectivity index (χ1) is 10.5. The molecule has 1 amide bonds. The van der Waals surface area contributed by atoms with Crippen molar-refractivity contribution in [2.75, 3.05) is 5.32 Å². The summed E-state index contributed by atoms with van der Waals surface area (Å²) in [6, 6.07) is 9.82. The van der Waals surface area contributed by atoms with Crippen LogP contribution in [0.15, 0.2) is 29.2 Å². The van der Waals surface area contributed by atoms with Crippen LogP contribution in [0.25, 0.3) is 0 Å². The number of thioether (sulfide) groups is 1. The third-order valence-corrected chi connectivity index (χ3v) is 5.20. The highest BCUT2D eigenvalue weighted by atomic mass is 32.2. The van der Waals surface area contributed by atoms with Crippen molar-refractivity contribution >= 4 is 34.7 Å². The lowest BCUT2D eigenvalue weighted by Crippen LogP contribution is -2.12. The zero-order valence-electron chi connectivity index (χ0n) is 12.7. The molecule has 1 atom stereocenters. The highest BCUT2D eigenvalue weighted by Crippen LogP contribution is 2.32. The Hall–Kier alpha value is -1.84. The standard InChI is InChI=1S/C16H17N3OS2/c1-10(8-9-17)21-14-7-5-4-6-13(14)19-16(20)15-11(2)18-12(3)22-15/h4-7,10H,8H2,1-3H3,(H,19,20). The fourth-order valence-electron chi connectivity index (χ4n) is 1.98. The van der Waals surface area contributed by atoms with Gasteiger partial charge in [-0.15, -0.1) is 23.1 Å². The van der Waals surface area contributed by atoms with Gasteiger partial charge in [-0.1, -0.05) is 19.1 Å². The van der Waals surface area contributed by atoms with Crippen LogP contribution >= 0.6 is 23.1 Å². The first-order valence-electron chi connectivity index (χ1n) is 6.89. The molecule has 1 N–H and O–H groups in total. The van der Waals surface area contributed by atoms with E-state index >= 15 is 0 Å². The van der Waals surface area contributed by atoms with Gasteiger partial charge < -0.3 is 5.32 Å². The average molecular weight is 331 g/mol. The van der Waals surface area contributed by atoms with Crippen molar-refractivity contribution in [3.05, 3.63) is 39.8 Å². The summed E-state index contributed by atoms with van der Waals surface area (Å²) < 4.78 is 0. The molecule has 1 heterocycles. The van der Waals surface area contributed by atoms with Gasteiger partial charge in [0.1, 0.15) is 4.88 Å². The van der Waals surface area contributed by atoms with Gasteiger partial charge >= 0.3 is 0 Å². The predicted molar refractivity (Wildman–Crippen MR) is 91.5 cm³/mol. The van der Waals surface area contributed by atoms with E-state index in [-0.39, 0.29) is 11.2 Å². The van der Waals surface area contributed by atoms with E-state index in [4.69, 9.17) is 5.26 Å². The van der Waals surface area contributed by atoms with Crippen molar-refractivity contribution in [2.24, 2.45) is 0 Å². The molecule has 22 heavy (non-hydrogen) atoms. The molecule has 1 unspecified atom stereocenters. The Balaban J connectivity index is 2.18. The van der Waals surface area contributed by atoms with Crippen molar-refractivity contribution in [2.45, 2.75) is 37.3 Å². The maximum Gasteiger partial charge on any atom is 0.267 e. The molecule has 0 aliphatic heterocycles. The largest absolute Gasteiger partial charge is 0.320 e. The van der Waals surface area contributed by atoms with Crippen molar-refractivity contribution in [1.29, 1.82) is 5.26 Å². The van der Waals surface area contributed by atoms with E-state index in [0.29, 0.717) is 11.3 Å². The van der Waals surface area contributed by atoms with E-state index in [1.807, 2.05) is 45.0 Å². The Morgan fingerprint density at radius 2 is 2.18 bits per heavy atom. The van der Waals surface area contributed by atoms with Crippen molar-refractivity contribution < 1.29 is 4.79 Å². The Morgan fingerprint density at radius 1 is 1.45 bits per heavy atom. The van der Waals surface area contributed by atoms with Gasteiger partial charge in [-0.3, -0.25) is 4.79 Å². The Kier molecular flexibility index (Phi) is 5.58. The van der Waals surface area contributed by atoms with Crippen LogP contribution in [0.1, 0.15) is 33.7 Å². The number of aromatic nitrogens is 1. The van der Waals surface area contributed by atoms with Gasteiger partial charge in [-0.25, -0.2) is 4.98 Å². The molecule has 0 radical (unpaired) electrons. The fourth-order valence-corrected chi connectivity index (χ4v) is 3.79. The SMILES string of the molecule is Cc1nc(C)c(C(=O)Nc2ccccc2SC(C)CC#N)s1. The van der Waals surface area contributed by atoms with E-state index in [1.165, 1.54) is 11.3 Å². The normalized spacial score (nSPS) is 11.7. The molecule has 0 fully saturated rings. The minimum Gasteiger partial charge on any atom is -0.320 e. The molecule has 1 aromatic carbocycles. The molecule has 0 saturated carbocycles. The minimum atomic E-state index is -0.135. The fraction of sp³-hybridized carbons (Fsp3) is 0.312. The smallest absolute Gasteiger partial charge is 0.267 e. The van der Waals surface area contributed by atoms with E-state index in [9.17, 15) is 4.79 Å². The first-order valence-corrected chi connectivity index (χ1v) is 8.59. The number of anilines is 1. The summed E-state index contributed by atoms with van der Waals surface area (Å²) in [5, 5.41) is 12.8. The van der Waals surface area contributed by atoms with Gasteiger partial charge in [0.25, 0.3) is 5.91 Å². The van der Waals surface area contributed by atoms with Crippen LogP contribution in [0.4, 0.5) is 5.69 Å². The topological polar surface area (TPSA) is 65.8 Å². The van der Waals surface area contributed by atoms with Crippen molar-refractivity contribution in [1.82, 2.24) is 4.98 Å². The second-order valence-corrected chi connectivity index (χ2v) is 7.57. The summed E-state index contributed by atoms with van der Waals surface area (Å²) in [6.45, 7) is 5.74. The molecule has 114 valence electrons. The van der Waals surface area contributed by atoms with Gasteiger partial charge in [0.05, 0.1) is 22.5 Å². The number of nitriles is 1. The third kappa shape index (κ3) is 4.09. The molecular formula is C16H17N3OS2. The summed E-state index contributed by atoms with van der Waals surface area (Å²) in [5.41, 5.74) is 1.52. The van der Waals surface area contributed by atoms with Crippen molar-refractivity contribution in [3.63, 3.8) is 0 Å². The Labute approximate surface area is 138 Å². The lowest BCUT2D eigenvalue weighted by molar-refractivity contribution is 0.102. The van der Waals surface area contributed by atoms with E-state index in [2.05, 4.69) is 16.4 Å². The molecule has 0 bridgehead atoms. The first kappa shape index (κ1) is 16.5. The van der Waals surface area contributed by atoms with Crippen LogP contribution in [0.3, 0.4) is 0 Å². The van der Waals surface area contributed by atoms with Gasteiger partial charge in [0, 0.05) is 16.6 Å². The highest BCUT2D eigenvalue weighted by molar-refractivity contribution is 8.00.